The van der Waals surface area contributed by atoms with Gasteiger partial charge in [-0.05, 0) is 44.9 Å². The van der Waals surface area contributed by atoms with Crippen LogP contribution in [0.1, 0.15) is 32.1 Å². The molecule has 1 N–H and O–H groups in total. The molecule has 0 amide bonds. The van der Waals surface area contributed by atoms with Gasteiger partial charge in [-0.1, -0.05) is 0 Å². The van der Waals surface area contributed by atoms with Crippen LogP contribution in [0.2, 0.25) is 0 Å². The second-order valence-electron chi connectivity index (χ2n) is 5.44. The van der Waals surface area contributed by atoms with Crippen molar-refractivity contribution < 1.29 is 18.7 Å². The quantitative estimate of drug-likeness (QED) is 0.922. The Balaban J connectivity index is 1.78. The van der Waals surface area contributed by atoms with E-state index in [1.54, 1.807) is 19.1 Å². The summed E-state index contributed by atoms with van der Waals surface area (Å²) in [5.74, 6) is 0.404. The molecular weight excluding hydrogens is 274 g/mol. The molecule has 1 saturated heterocycles. The smallest absolute Gasteiger partial charge is 0.323 e. The van der Waals surface area contributed by atoms with Gasteiger partial charge < -0.3 is 13.9 Å². The van der Waals surface area contributed by atoms with E-state index in [1.807, 2.05) is 4.90 Å². The number of carbonyl (C=O) groups is 1. The van der Waals surface area contributed by atoms with Gasteiger partial charge in [-0.15, -0.1) is 10.2 Å². The van der Waals surface area contributed by atoms with Crippen molar-refractivity contribution in [1.82, 2.24) is 15.1 Å². The second kappa shape index (κ2) is 5.33. The highest BCUT2D eigenvalue weighted by atomic mass is 16.4. The molecule has 0 radical (unpaired) electrons. The van der Waals surface area contributed by atoms with E-state index >= 15 is 0 Å². The van der Waals surface area contributed by atoms with Crippen LogP contribution in [0.15, 0.2) is 27.2 Å². The fraction of sp³-hybridized carbons (Fsp3) is 0.500. The molecule has 2 aromatic heterocycles. The monoisotopic (exact) mass is 291 g/mol. The van der Waals surface area contributed by atoms with Crippen LogP contribution in [-0.2, 0) is 11.3 Å². The number of hydrogen-bond acceptors (Lipinski definition) is 6. The molecule has 0 bridgehead atoms. The summed E-state index contributed by atoms with van der Waals surface area (Å²) in [4.78, 5) is 13.4. The summed E-state index contributed by atoms with van der Waals surface area (Å²) < 4.78 is 10.8. The van der Waals surface area contributed by atoms with Crippen molar-refractivity contribution in [2.24, 2.45) is 0 Å². The van der Waals surface area contributed by atoms with E-state index in [1.165, 1.54) is 6.26 Å². The average molecular weight is 291 g/mol. The Hall–Kier alpha value is -2.15. The maximum absolute atomic E-state index is 11.5. The molecule has 1 atom stereocenters. The van der Waals surface area contributed by atoms with Gasteiger partial charge in [-0.3, -0.25) is 9.69 Å². The highest BCUT2D eigenvalue weighted by Gasteiger charge is 2.41. The molecule has 112 valence electrons. The minimum absolute atomic E-state index is 0.309. The third kappa shape index (κ3) is 2.56. The third-order valence-corrected chi connectivity index (χ3v) is 4.03. The normalized spacial score (nSPS) is 23.3. The first-order valence-electron chi connectivity index (χ1n) is 6.94. The zero-order valence-corrected chi connectivity index (χ0v) is 11.8. The lowest BCUT2D eigenvalue weighted by molar-refractivity contribution is -0.153. The van der Waals surface area contributed by atoms with Gasteiger partial charge in [0, 0.05) is 0 Å². The number of aromatic nitrogens is 2. The molecule has 1 aliphatic heterocycles. The summed E-state index contributed by atoms with van der Waals surface area (Å²) in [7, 11) is 0. The van der Waals surface area contributed by atoms with Crippen LogP contribution in [0.5, 0.6) is 0 Å². The first-order valence-corrected chi connectivity index (χ1v) is 6.94. The van der Waals surface area contributed by atoms with Gasteiger partial charge in [0.2, 0.25) is 5.89 Å². The zero-order chi connectivity index (χ0) is 14.9. The van der Waals surface area contributed by atoms with Crippen LogP contribution in [-0.4, -0.2) is 38.3 Å². The molecule has 0 aliphatic carbocycles. The van der Waals surface area contributed by atoms with Crippen LogP contribution < -0.4 is 0 Å². The topological polar surface area (TPSA) is 92.6 Å². The number of piperidine rings is 1. The molecule has 0 spiro atoms. The van der Waals surface area contributed by atoms with Gasteiger partial charge in [-0.2, -0.15) is 0 Å². The van der Waals surface area contributed by atoms with Gasteiger partial charge in [0.15, 0.2) is 5.76 Å². The Morgan fingerprint density at radius 1 is 1.48 bits per heavy atom. The zero-order valence-electron chi connectivity index (χ0n) is 11.8. The molecule has 7 heteroatoms. The standard InChI is InChI=1S/C14H17N3O4/c1-14(13(18)19)6-2-3-7-17(14)9-11-15-16-12(21-11)10-5-4-8-20-10/h4-5,8H,2-3,6-7,9H2,1H3,(H,18,19). The fourth-order valence-electron chi connectivity index (χ4n) is 2.65. The van der Waals surface area contributed by atoms with Crippen molar-refractivity contribution in [2.45, 2.75) is 38.3 Å². The van der Waals surface area contributed by atoms with Crippen LogP contribution in [0.4, 0.5) is 0 Å². The number of likely N-dealkylation sites (tertiary alicyclic amines) is 1. The Labute approximate surface area is 121 Å². The Kier molecular flexibility index (Phi) is 3.50. The average Bonchev–Trinajstić information content (AvgIpc) is 3.12. The predicted molar refractivity (Wildman–Crippen MR) is 72.3 cm³/mol. The van der Waals surface area contributed by atoms with Gasteiger partial charge in [0.1, 0.15) is 5.54 Å². The third-order valence-electron chi connectivity index (χ3n) is 4.03. The highest BCUT2D eigenvalue weighted by molar-refractivity contribution is 5.78. The first kappa shape index (κ1) is 13.8. The molecule has 2 aromatic rings. The number of carboxylic acids is 1. The number of rotatable bonds is 4. The summed E-state index contributed by atoms with van der Waals surface area (Å²) >= 11 is 0. The van der Waals surface area contributed by atoms with E-state index in [4.69, 9.17) is 8.83 Å². The number of carboxylic acid groups (broad SMARTS) is 1. The van der Waals surface area contributed by atoms with Gasteiger partial charge in [0.25, 0.3) is 5.89 Å². The summed E-state index contributed by atoms with van der Waals surface area (Å²) in [6, 6.07) is 3.48. The van der Waals surface area contributed by atoms with Gasteiger partial charge in [-0.25, -0.2) is 0 Å². The molecule has 1 unspecified atom stereocenters. The lowest BCUT2D eigenvalue weighted by Crippen LogP contribution is -2.54. The van der Waals surface area contributed by atoms with Crippen molar-refractivity contribution in [3.8, 4) is 11.7 Å². The van der Waals surface area contributed by atoms with Crippen LogP contribution in [0, 0.1) is 0 Å². The van der Waals surface area contributed by atoms with Crippen molar-refractivity contribution in [1.29, 1.82) is 0 Å². The highest BCUT2D eigenvalue weighted by Crippen LogP contribution is 2.30. The Bertz CT molecular complexity index is 622. The Morgan fingerprint density at radius 2 is 2.33 bits per heavy atom. The number of hydrogen-bond donors (Lipinski definition) is 1. The molecule has 3 heterocycles. The largest absolute Gasteiger partial charge is 0.480 e. The molecule has 7 nitrogen and oxygen atoms in total. The maximum atomic E-state index is 11.5. The van der Waals surface area contributed by atoms with E-state index < -0.39 is 11.5 Å². The van der Waals surface area contributed by atoms with E-state index in [9.17, 15) is 9.90 Å². The van der Waals surface area contributed by atoms with Crippen molar-refractivity contribution in [2.75, 3.05) is 6.54 Å². The van der Waals surface area contributed by atoms with Crippen LogP contribution >= 0.6 is 0 Å². The van der Waals surface area contributed by atoms with E-state index in [2.05, 4.69) is 10.2 Å². The lowest BCUT2D eigenvalue weighted by Gasteiger charge is -2.40. The SMILES string of the molecule is CC1(C(=O)O)CCCCN1Cc1nnc(-c2ccco2)o1. The molecular formula is C14H17N3O4. The van der Waals surface area contributed by atoms with E-state index in [-0.39, 0.29) is 0 Å². The van der Waals surface area contributed by atoms with E-state index in [0.29, 0.717) is 37.1 Å². The van der Waals surface area contributed by atoms with Crippen molar-refractivity contribution in [3.05, 3.63) is 24.3 Å². The summed E-state index contributed by atoms with van der Waals surface area (Å²) in [5, 5.41) is 17.4. The second-order valence-corrected chi connectivity index (χ2v) is 5.44. The molecule has 0 aromatic carbocycles. The van der Waals surface area contributed by atoms with Crippen molar-refractivity contribution >= 4 is 5.97 Å². The first-order chi connectivity index (χ1) is 10.1. The minimum atomic E-state index is -0.877. The summed E-state index contributed by atoms with van der Waals surface area (Å²) in [5.41, 5.74) is -0.877. The summed E-state index contributed by atoms with van der Waals surface area (Å²) in [6.07, 6.45) is 4.05. The number of furan rings is 1. The molecule has 21 heavy (non-hydrogen) atoms. The minimum Gasteiger partial charge on any atom is -0.480 e. The predicted octanol–water partition coefficient (Wildman–Crippen LogP) is 2.16. The Morgan fingerprint density at radius 3 is 3.05 bits per heavy atom. The molecule has 3 rings (SSSR count). The van der Waals surface area contributed by atoms with E-state index in [0.717, 1.165) is 12.8 Å². The number of nitrogens with zero attached hydrogens (tertiary/aromatic N) is 3. The maximum Gasteiger partial charge on any atom is 0.323 e. The molecule has 1 aliphatic rings. The van der Waals surface area contributed by atoms with Gasteiger partial charge >= 0.3 is 5.97 Å². The number of aliphatic carboxylic acids is 1. The van der Waals surface area contributed by atoms with Crippen LogP contribution in [0.25, 0.3) is 11.7 Å². The summed E-state index contributed by atoms with van der Waals surface area (Å²) in [6.45, 7) is 2.79. The molecule has 1 fully saturated rings. The van der Waals surface area contributed by atoms with Crippen molar-refractivity contribution in [3.63, 3.8) is 0 Å². The molecule has 0 saturated carbocycles. The fourth-order valence-corrected chi connectivity index (χ4v) is 2.65. The lowest BCUT2D eigenvalue weighted by atomic mass is 9.88. The van der Waals surface area contributed by atoms with Gasteiger partial charge in [0.05, 0.1) is 12.8 Å². The van der Waals surface area contributed by atoms with Crippen LogP contribution in [0.3, 0.4) is 0 Å².